The minimum absolute atomic E-state index is 0.00465. The Hall–Kier alpha value is -3.17. The molecule has 5 rings (SSSR count). The van der Waals surface area contributed by atoms with Crippen molar-refractivity contribution in [3.63, 3.8) is 0 Å². The number of rotatable bonds is 3. The highest BCUT2D eigenvalue weighted by molar-refractivity contribution is 9.10. The first kappa shape index (κ1) is 19.8. The third-order valence-corrected chi connectivity index (χ3v) is 6.31. The molecule has 156 valence electrons. The molecule has 1 N–H and O–H groups in total. The lowest BCUT2D eigenvalue weighted by molar-refractivity contribution is -0.132. The summed E-state index contributed by atoms with van der Waals surface area (Å²) in [6.07, 6.45) is 1.57. The predicted molar refractivity (Wildman–Crippen MR) is 118 cm³/mol. The zero-order valence-corrected chi connectivity index (χ0v) is 18.4. The molecular formula is C22H15BrN2O5S. The monoisotopic (exact) mass is 498 g/mol. The molecule has 0 saturated carbocycles. The topological polar surface area (TPSA) is 89.0 Å². The van der Waals surface area contributed by atoms with E-state index < -0.39 is 17.7 Å². The molecule has 1 amide bonds. The van der Waals surface area contributed by atoms with Crippen molar-refractivity contribution >= 4 is 49.8 Å². The number of aliphatic hydroxyl groups excluding tert-OH is 1. The molecule has 0 aliphatic carbocycles. The molecule has 2 aliphatic rings. The van der Waals surface area contributed by atoms with Crippen LogP contribution < -0.4 is 14.4 Å². The Labute approximate surface area is 189 Å². The number of hydrogen-bond donors (Lipinski definition) is 1. The Bertz CT molecular complexity index is 1220. The van der Waals surface area contributed by atoms with Gasteiger partial charge in [-0.1, -0.05) is 28.1 Å². The molecule has 3 heterocycles. The van der Waals surface area contributed by atoms with E-state index in [0.717, 1.165) is 4.47 Å². The molecular weight excluding hydrogens is 484 g/mol. The van der Waals surface area contributed by atoms with Crippen molar-refractivity contribution in [1.29, 1.82) is 0 Å². The smallest absolute Gasteiger partial charge is 0.301 e. The summed E-state index contributed by atoms with van der Waals surface area (Å²) in [7, 11) is 0. The molecule has 9 heteroatoms. The lowest BCUT2D eigenvalue weighted by atomic mass is 9.95. The van der Waals surface area contributed by atoms with E-state index >= 15 is 0 Å². The van der Waals surface area contributed by atoms with Gasteiger partial charge in [-0.05, 0) is 35.9 Å². The second kappa shape index (κ2) is 7.82. The van der Waals surface area contributed by atoms with Gasteiger partial charge in [0, 0.05) is 21.6 Å². The van der Waals surface area contributed by atoms with Crippen LogP contribution in [0.5, 0.6) is 11.5 Å². The van der Waals surface area contributed by atoms with Crippen LogP contribution in [0.2, 0.25) is 0 Å². The third-order valence-electron chi connectivity index (χ3n) is 5.05. The average Bonchev–Trinajstić information content (AvgIpc) is 3.40. The number of benzene rings is 2. The first-order valence-electron chi connectivity index (χ1n) is 9.40. The Morgan fingerprint density at radius 3 is 2.68 bits per heavy atom. The number of hydrogen-bond acceptors (Lipinski definition) is 7. The van der Waals surface area contributed by atoms with E-state index in [2.05, 4.69) is 20.9 Å². The van der Waals surface area contributed by atoms with Crippen molar-refractivity contribution in [2.24, 2.45) is 0 Å². The van der Waals surface area contributed by atoms with Crippen LogP contribution in [0.3, 0.4) is 0 Å². The number of aliphatic hydroxyl groups is 1. The van der Waals surface area contributed by atoms with E-state index in [-0.39, 0.29) is 11.3 Å². The number of thiazole rings is 1. The van der Waals surface area contributed by atoms with Gasteiger partial charge in [0.25, 0.3) is 5.78 Å². The van der Waals surface area contributed by atoms with Crippen molar-refractivity contribution in [1.82, 2.24) is 4.98 Å². The summed E-state index contributed by atoms with van der Waals surface area (Å²) in [5.41, 5.74) is 1.03. The zero-order valence-electron chi connectivity index (χ0n) is 15.9. The number of halogens is 1. The molecule has 2 aromatic carbocycles. The minimum Gasteiger partial charge on any atom is -0.507 e. The van der Waals surface area contributed by atoms with Crippen LogP contribution in [0.25, 0.3) is 5.76 Å². The van der Waals surface area contributed by atoms with Crippen LogP contribution in [-0.4, -0.2) is 35.0 Å². The van der Waals surface area contributed by atoms with Crippen LogP contribution in [-0.2, 0) is 9.59 Å². The highest BCUT2D eigenvalue weighted by Gasteiger charge is 2.48. The summed E-state index contributed by atoms with van der Waals surface area (Å²) in [6, 6.07) is 11.4. The van der Waals surface area contributed by atoms with Gasteiger partial charge >= 0.3 is 5.91 Å². The summed E-state index contributed by atoms with van der Waals surface area (Å²) in [4.78, 5) is 31.6. The maximum Gasteiger partial charge on any atom is 0.301 e. The number of fused-ring (bicyclic) bond motifs is 1. The van der Waals surface area contributed by atoms with E-state index in [1.54, 1.807) is 35.8 Å². The Morgan fingerprint density at radius 1 is 1.13 bits per heavy atom. The van der Waals surface area contributed by atoms with Gasteiger partial charge in [0.05, 0.1) is 11.6 Å². The molecule has 1 atom stereocenters. The van der Waals surface area contributed by atoms with E-state index in [9.17, 15) is 14.7 Å². The van der Waals surface area contributed by atoms with Crippen molar-refractivity contribution in [3.05, 3.63) is 75.2 Å². The second-order valence-electron chi connectivity index (χ2n) is 6.90. The van der Waals surface area contributed by atoms with E-state index in [4.69, 9.17) is 9.47 Å². The summed E-state index contributed by atoms with van der Waals surface area (Å²) < 4.78 is 11.9. The number of carbonyl (C=O) groups is 2. The fourth-order valence-corrected chi connectivity index (χ4v) is 4.79. The van der Waals surface area contributed by atoms with Gasteiger partial charge < -0.3 is 14.6 Å². The Morgan fingerprint density at radius 2 is 1.94 bits per heavy atom. The predicted octanol–water partition coefficient (Wildman–Crippen LogP) is 4.30. The molecule has 0 unspecified atom stereocenters. The molecule has 1 aromatic heterocycles. The van der Waals surface area contributed by atoms with Crippen molar-refractivity contribution in [3.8, 4) is 11.5 Å². The maximum atomic E-state index is 13.1. The number of ketones is 1. The fourth-order valence-electron chi connectivity index (χ4n) is 3.70. The van der Waals surface area contributed by atoms with Crippen molar-refractivity contribution < 1.29 is 24.2 Å². The average molecular weight is 499 g/mol. The largest absolute Gasteiger partial charge is 0.507 e. The summed E-state index contributed by atoms with van der Waals surface area (Å²) >= 11 is 4.69. The van der Waals surface area contributed by atoms with Crippen molar-refractivity contribution in [2.75, 3.05) is 18.1 Å². The van der Waals surface area contributed by atoms with Gasteiger partial charge in [-0.2, -0.15) is 0 Å². The minimum atomic E-state index is -0.822. The molecule has 1 fully saturated rings. The van der Waals surface area contributed by atoms with Crippen LogP contribution >= 0.6 is 27.3 Å². The van der Waals surface area contributed by atoms with Gasteiger partial charge in [0.1, 0.15) is 19.0 Å². The molecule has 1 saturated heterocycles. The van der Waals surface area contributed by atoms with Gasteiger partial charge in [0.2, 0.25) is 0 Å². The van der Waals surface area contributed by atoms with E-state index in [0.29, 0.717) is 41.0 Å². The first-order chi connectivity index (χ1) is 15.0. The number of ether oxygens (including phenoxy) is 2. The fraction of sp³-hybridized carbons (Fsp3) is 0.136. The molecule has 0 spiro atoms. The van der Waals surface area contributed by atoms with Gasteiger partial charge in [-0.25, -0.2) is 4.98 Å². The molecule has 31 heavy (non-hydrogen) atoms. The SMILES string of the molecule is O=C1C(=O)N(c2nccs2)[C@@H](c2cccc(Br)c2)C1=C(O)c1ccc2c(c1)OCCO2. The maximum absolute atomic E-state index is 13.1. The third kappa shape index (κ3) is 3.39. The number of aromatic nitrogens is 1. The quantitative estimate of drug-likeness (QED) is 0.329. The molecule has 2 aliphatic heterocycles. The summed E-state index contributed by atoms with van der Waals surface area (Å²) in [5, 5.41) is 13.3. The Balaban J connectivity index is 1.69. The molecule has 7 nitrogen and oxygen atoms in total. The van der Waals surface area contributed by atoms with Crippen molar-refractivity contribution in [2.45, 2.75) is 6.04 Å². The van der Waals surface area contributed by atoms with Gasteiger partial charge in [-0.15, -0.1) is 11.3 Å². The van der Waals surface area contributed by atoms with Gasteiger partial charge in [-0.3, -0.25) is 14.5 Å². The normalized spacial score (nSPS) is 19.6. The standard InChI is InChI=1S/C22H15BrN2O5S/c23-14-3-1-2-12(10-14)18-17(20(27)21(28)25(18)22-24-6-9-31-22)19(26)13-4-5-15-16(11-13)30-8-7-29-15/h1-6,9-11,18,26H,7-8H2/t18-/m0/s1. The summed E-state index contributed by atoms with van der Waals surface area (Å²) in [5.74, 6) is -0.746. The van der Waals surface area contributed by atoms with Crippen LogP contribution in [0.1, 0.15) is 17.2 Å². The van der Waals surface area contributed by atoms with Crippen LogP contribution in [0, 0.1) is 0 Å². The van der Waals surface area contributed by atoms with E-state index in [1.807, 2.05) is 18.2 Å². The number of carbonyl (C=O) groups excluding carboxylic acids is 2. The van der Waals surface area contributed by atoms with Crippen LogP contribution in [0.4, 0.5) is 5.13 Å². The number of Topliss-reactive ketones (excluding diaryl/α,β-unsaturated/α-hetero) is 1. The highest BCUT2D eigenvalue weighted by Crippen LogP contribution is 2.44. The van der Waals surface area contributed by atoms with E-state index in [1.165, 1.54) is 16.2 Å². The zero-order chi connectivity index (χ0) is 21.5. The number of anilines is 1. The van der Waals surface area contributed by atoms with Crippen LogP contribution in [0.15, 0.2) is 64.1 Å². The molecule has 0 bridgehead atoms. The molecule has 0 radical (unpaired) electrons. The lowest BCUT2D eigenvalue weighted by Crippen LogP contribution is -2.29. The highest BCUT2D eigenvalue weighted by atomic mass is 79.9. The lowest BCUT2D eigenvalue weighted by Gasteiger charge is -2.23. The first-order valence-corrected chi connectivity index (χ1v) is 11.1. The number of amides is 1. The second-order valence-corrected chi connectivity index (χ2v) is 8.69. The summed E-state index contributed by atoms with van der Waals surface area (Å²) in [6.45, 7) is 0.837. The Kier molecular flexibility index (Phi) is 4.99. The number of nitrogens with zero attached hydrogens (tertiary/aromatic N) is 2. The molecule has 3 aromatic rings. The van der Waals surface area contributed by atoms with Gasteiger partial charge in [0.15, 0.2) is 16.6 Å².